The minimum atomic E-state index is -0.125. The second-order valence-corrected chi connectivity index (χ2v) is 4.19. The van der Waals surface area contributed by atoms with Crippen LogP contribution in [0.3, 0.4) is 0 Å². The molecule has 0 amide bonds. The Hall–Kier alpha value is -1.14. The van der Waals surface area contributed by atoms with Crippen LogP contribution in [-0.2, 0) is 14.4 Å². The molecule has 7 heteroatoms. The Bertz CT molecular complexity index is 368. The maximum atomic E-state index is 10.0. The predicted octanol–water partition coefficient (Wildman–Crippen LogP) is 3.11. The van der Waals surface area contributed by atoms with Crippen LogP contribution in [0.1, 0.15) is 41.5 Å². The van der Waals surface area contributed by atoms with Gasteiger partial charge in [-0.15, -0.1) is 0 Å². The third-order valence-corrected chi connectivity index (χ3v) is 1.24. The van der Waals surface area contributed by atoms with Crippen molar-refractivity contribution in [3.63, 3.8) is 0 Å². The topological polar surface area (TPSA) is 112 Å². The van der Waals surface area contributed by atoms with Gasteiger partial charge in [0.2, 0.25) is 0 Å². The summed E-state index contributed by atoms with van der Waals surface area (Å²) in [6.07, 6.45) is 3.50. The Morgan fingerprint density at radius 2 is 0.682 bits per heavy atom. The molecule has 0 aromatic heterocycles. The zero-order chi connectivity index (χ0) is 17.6. The molecule has 0 aromatic rings. The van der Waals surface area contributed by atoms with Crippen LogP contribution < -0.4 is 0 Å². The van der Waals surface area contributed by atoms with Crippen LogP contribution in [0.5, 0.6) is 0 Å². The number of aliphatic hydroxyl groups is 3. The van der Waals surface area contributed by atoms with Crippen LogP contribution in [0.15, 0.2) is 35.5 Å². The van der Waals surface area contributed by atoms with Gasteiger partial charge in [-0.3, -0.25) is 14.4 Å². The normalized spacial score (nSPS) is 10.9. The van der Waals surface area contributed by atoms with Crippen LogP contribution in [0.4, 0.5) is 0 Å². The molecule has 0 bridgehead atoms. The van der Waals surface area contributed by atoms with E-state index in [1.165, 1.54) is 59.8 Å². The Morgan fingerprint density at radius 3 is 0.682 bits per heavy atom. The van der Waals surface area contributed by atoms with Gasteiger partial charge in [0.25, 0.3) is 0 Å². The fourth-order valence-corrected chi connectivity index (χ4v) is 0.882. The molecule has 0 aliphatic carbocycles. The quantitative estimate of drug-likeness (QED) is 0.433. The van der Waals surface area contributed by atoms with Crippen molar-refractivity contribution >= 4 is 17.3 Å². The fourth-order valence-electron chi connectivity index (χ4n) is 0.882. The molecule has 133 valence electrons. The van der Waals surface area contributed by atoms with Crippen molar-refractivity contribution in [2.24, 2.45) is 0 Å². The van der Waals surface area contributed by atoms with E-state index in [-0.39, 0.29) is 71.5 Å². The van der Waals surface area contributed by atoms with Gasteiger partial charge in [0.05, 0.1) is 17.3 Å². The smallest absolute Gasteiger partial charge is 0.155 e. The maximum absolute atomic E-state index is 10.0. The summed E-state index contributed by atoms with van der Waals surface area (Å²) in [4.78, 5) is 30.1. The molecule has 0 atom stereocenters. The van der Waals surface area contributed by atoms with E-state index in [2.05, 4.69) is 0 Å². The molecule has 6 nitrogen and oxygen atoms in total. The van der Waals surface area contributed by atoms with Crippen molar-refractivity contribution < 1.29 is 66.6 Å². The van der Waals surface area contributed by atoms with Gasteiger partial charge in [0.1, 0.15) is 0 Å². The molecular weight excluding hydrogens is 445 g/mol. The van der Waals surface area contributed by atoms with Gasteiger partial charge >= 0.3 is 0 Å². The van der Waals surface area contributed by atoms with E-state index in [9.17, 15) is 14.4 Å². The van der Waals surface area contributed by atoms with Gasteiger partial charge in [-0.05, 0) is 41.5 Å². The van der Waals surface area contributed by atoms with Gasteiger partial charge in [-0.2, -0.15) is 0 Å². The number of ketones is 3. The largest absolute Gasteiger partial charge is 0.512 e. The SMILES string of the molecule is CC(=O)/C=C(/C)O.CC(=O)/C=C(/C)O.CC(=O)/C=C(/C)O.[Tm]. The Labute approximate surface area is 160 Å². The minimum absolute atomic E-state index is 0. The number of rotatable bonds is 3. The number of carbonyl (C=O) groups excluding carboxylic acids is 3. The third kappa shape index (κ3) is 51.0. The Morgan fingerprint density at radius 1 is 0.545 bits per heavy atom. The molecule has 1 radical (unpaired) electrons. The molecule has 0 aliphatic heterocycles. The van der Waals surface area contributed by atoms with Gasteiger partial charge in [-0.1, -0.05) is 0 Å². The summed E-state index contributed by atoms with van der Waals surface area (Å²) in [7, 11) is 0. The summed E-state index contributed by atoms with van der Waals surface area (Å²) in [5.74, 6) is -0.187. The Kier molecular flexibility index (Phi) is 23.6. The summed E-state index contributed by atoms with van der Waals surface area (Å²) < 4.78 is 0. The molecule has 0 unspecified atom stereocenters. The number of carbonyl (C=O) groups is 3. The summed E-state index contributed by atoms with van der Waals surface area (Å²) >= 11 is 0. The van der Waals surface area contributed by atoms with Crippen molar-refractivity contribution in [2.75, 3.05) is 0 Å². The van der Waals surface area contributed by atoms with Crippen molar-refractivity contribution in [3.05, 3.63) is 35.5 Å². The zero-order valence-corrected chi connectivity index (χ0v) is 15.4. The van der Waals surface area contributed by atoms with Gasteiger partial charge in [0.15, 0.2) is 17.3 Å². The molecule has 3 N–H and O–H groups in total. The monoisotopic (exact) mass is 469 g/mol. The molecular formula is C15H24O6Tm. The number of allylic oxidation sites excluding steroid dienone is 6. The second-order valence-electron chi connectivity index (χ2n) is 4.19. The average molecular weight is 469 g/mol. The summed E-state index contributed by atoms with van der Waals surface area (Å²) in [6, 6.07) is 0. The van der Waals surface area contributed by atoms with Gasteiger partial charge in [-0.25, -0.2) is 0 Å². The van der Waals surface area contributed by atoms with E-state index in [0.29, 0.717) is 0 Å². The zero-order valence-electron chi connectivity index (χ0n) is 13.6. The van der Waals surface area contributed by atoms with Crippen LogP contribution in [0.2, 0.25) is 0 Å². The maximum Gasteiger partial charge on any atom is 0.155 e. The fraction of sp³-hybridized carbons (Fsp3) is 0.400. The molecule has 0 heterocycles. The third-order valence-electron chi connectivity index (χ3n) is 1.24. The van der Waals surface area contributed by atoms with Crippen molar-refractivity contribution in [1.82, 2.24) is 0 Å². The molecule has 0 rings (SSSR count). The van der Waals surface area contributed by atoms with Crippen LogP contribution in [0, 0.1) is 36.9 Å². The van der Waals surface area contributed by atoms with E-state index in [1.807, 2.05) is 0 Å². The van der Waals surface area contributed by atoms with E-state index in [1.54, 1.807) is 0 Å². The van der Waals surface area contributed by atoms with Crippen LogP contribution in [0.25, 0.3) is 0 Å². The number of hydrogen-bond donors (Lipinski definition) is 3. The molecule has 0 aliphatic rings. The van der Waals surface area contributed by atoms with Crippen molar-refractivity contribution in [2.45, 2.75) is 41.5 Å². The van der Waals surface area contributed by atoms with E-state index in [4.69, 9.17) is 15.3 Å². The first kappa shape index (κ1) is 28.9. The first-order valence-corrected chi connectivity index (χ1v) is 6.02. The van der Waals surface area contributed by atoms with Crippen molar-refractivity contribution in [1.29, 1.82) is 0 Å². The minimum Gasteiger partial charge on any atom is -0.512 e. The summed E-state index contributed by atoms with van der Waals surface area (Å²) in [6.45, 7) is 8.54. The molecule has 0 saturated heterocycles. The molecule has 0 spiro atoms. The predicted molar refractivity (Wildman–Crippen MR) is 81.2 cm³/mol. The van der Waals surface area contributed by atoms with Crippen LogP contribution in [-0.4, -0.2) is 32.7 Å². The number of hydrogen-bond acceptors (Lipinski definition) is 6. The molecule has 22 heavy (non-hydrogen) atoms. The molecule has 0 aromatic carbocycles. The van der Waals surface area contributed by atoms with E-state index < -0.39 is 0 Å². The summed E-state index contributed by atoms with van der Waals surface area (Å²) in [5.41, 5.74) is 0. The van der Waals surface area contributed by atoms with Crippen molar-refractivity contribution in [3.8, 4) is 0 Å². The van der Waals surface area contributed by atoms with E-state index >= 15 is 0 Å². The molecule has 0 saturated carbocycles. The summed E-state index contributed by atoms with van der Waals surface area (Å²) in [5, 5.41) is 25.1. The van der Waals surface area contributed by atoms with Gasteiger partial charge in [0, 0.05) is 55.1 Å². The second kappa shape index (κ2) is 17.9. The number of aliphatic hydroxyl groups excluding tert-OH is 3. The Balaban J connectivity index is -0.000000108. The van der Waals surface area contributed by atoms with E-state index in [0.717, 1.165) is 0 Å². The first-order valence-electron chi connectivity index (χ1n) is 6.02. The average Bonchev–Trinajstić information content (AvgIpc) is 2.10. The standard InChI is InChI=1S/3C5H8O2.Tm/c3*1-4(6)3-5(2)7;/h3*3,6H,1-2H3;/b3*4-3-;. The van der Waals surface area contributed by atoms with Crippen LogP contribution >= 0.6 is 0 Å². The van der Waals surface area contributed by atoms with Gasteiger partial charge < -0.3 is 15.3 Å². The first-order chi connectivity index (χ1) is 9.38. The molecule has 0 fully saturated rings.